The van der Waals surface area contributed by atoms with Crippen LogP contribution in [0.3, 0.4) is 0 Å². The molecule has 0 spiro atoms. The minimum atomic E-state index is -0.471. The third kappa shape index (κ3) is 4.85. The van der Waals surface area contributed by atoms with Crippen molar-refractivity contribution in [2.24, 2.45) is 0 Å². The fourth-order valence-corrected chi connectivity index (χ4v) is 2.32. The number of aryl methyl sites for hydroxylation is 3. The summed E-state index contributed by atoms with van der Waals surface area (Å²) in [7, 11) is 0. The highest BCUT2D eigenvalue weighted by Crippen LogP contribution is 2.21. The van der Waals surface area contributed by atoms with E-state index in [1.165, 1.54) is 5.56 Å². The molecule has 23 heavy (non-hydrogen) atoms. The van der Waals surface area contributed by atoms with Gasteiger partial charge in [-0.05, 0) is 49.9 Å². The molecule has 1 amide bonds. The summed E-state index contributed by atoms with van der Waals surface area (Å²) >= 11 is 0. The van der Waals surface area contributed by atoms with Crippen LogP contribution in [0.2, 0.25) is 0 Å². The van der Waals surface area contributed by atoms with E-state index in [0.717, 1.165) is 22.4 Å². The highest BCUT2D eigenvalue weighted by Gasteiger charge is 2.18. The smallest absolute Gasteiger partial charge is 0.261 e. The Balaban J connectivity index is 1.98. The third-order valence-electron chi connectivity index (χ3n) is 3.86. The number of amides is 1. The van der Waals surface area contributed by atoms with Crippen molar-refractivity contribution in [3.63, 3.8) is 0 Å². The number of hydrogen-bond acceptors (Lipinski definition) is 2. The molecule has 0 aliphatic rings. The zero-order valence-electron chi connectivity index (χ0n) is 14.3. The number of rotatable bonds is 6. The van der Waals surface area contributed by atoms with Gasteiger partial charge in [0.25, 0.3) is 5.91 Å². The van der Waals surface area contributed by atoms with Crippen molar-refractivity contribution < 1.29 is 9.53 Å². The number of ether oxygens (including phenoxy) is 1. The standard InChI is InChI=1S/C20H25NO2/c1-5-18(23-19-12-15(3)6-9-16(19)4)20(22)21-13-17-10-7-14(2)8-11-17/h6-12,18H,5,13H2,1-4H3,(H,21,22)/t18-/m0/s1. The molecule has 0 fully saturated rings. The molecule has 2 aromatic carbocycles. The van der Waals surface area contributed by atoms with Crippen LogP contribution in [0.1, 0.15) is 35.6 Å². The van der Waals surface area contributed by atoms with Gasteiger partial charge in [-0.25, -0.2) is 0 Å². The van der Waals surface area contributed by atoms with Crippen LogP contribution in [-0.2, 0) is 11.3 Å². The molecule has 2 rings (SSSR count). The zero-order valence-corrected chi connectivity index (χ0v) is 14.3. The highest BCUT2D eigenvalue weighted by molar-refractivity contribution is 5.81. The molecule has 0 unspecified atom stereocenters. The van der Waals surface area contributed by atoms with Gasteiger partial charge in [0.2, 0.25) is 0 Å². The second-order valence-electron chi connectivity index (χ2n) is 5.99. The lowest BCUT2D eigenvalue weighted by molar-refractivity contribution is -0.128. The van der Waals surface area contributed by atoms with Crippen molar-refractivity contribution in [2.45, 2.75) is 46.8 Å². The third-order valence-corrected chi connectivity index (χ3v) is 3.86. The van der Waals surface area contributed by atoms with Gasteiger partial charge < -0.3 is 10.1 Å². The van der Waals surface area contributed by atoms with Gasteiger partial charge in [0.1, 0.15) is 5.75 Å². The zero-order chi connectivity index (χ0) is 16.8. The molecule has 1 N–H and O–H groups in total. The molecular weight excluding hydrogens is 286 g/mol. The quantitative estimate of drug-likeness (QED) is 0.872. The molecule has 0 heterocycles. The second-order valence-corrected chi connectivity index (χ2v) is 5.99. The molecule has 122 valence electrons. The first-order valence-electron chi connectivity index (χ1n) is 8.06. The van der Waals surface area contributed by atoms with Crippen molar-refractivity contribution >= 4 is 5.91 Å². The van der Waals surface area contributed by atoms with E-state index in [-0.39, 0.29) is 5.91 Å². The highest BCUT2D eigenvalue weighted by atomic mass is 16.5. The van der Waals surface area contributed by atoms with Gasteiger partial charge in [-0.1, -0.05) is 48.9 Å². The Morgan fingerprint density at radius 3 is 2.35 bits per heavy atom. The van der Waals surface area contributed by atoms with E-state index in [1.54, 1.807) is 0 Å². The monoisotopic (exact) mass is 311 g/mol. The number of hydrogen-bond donors (Lipinski definition) is 1. The molecule has 0 saturated carbocycles. The number of carbonyl (C=O) groups excluding carboxylic acids is 1. The molecule has 3 nitrogen and oxygen atoms in total. The van der Waals surface area contributed by atoms with E-state index in [1.807, 2.05) is 70.2 Å². The van der Waals surface area contributed by atoms with E-state index < -0.39 is 6.10 Å². The molecule has 0 aliphatic carbocycles. The SMILES string of the molecule is CC[C@H](Oc1cc(C)ccc1C)C(=O)NCc1ccc(C)cc1. The average Bonchev–Trinajstić information content (AvgIpc) is 2.54. The minimum Gasteiger partial charge on any atom is -0.480 e. The largest absolute Gasteiger partial charge is 0.480 e. The predicted molar refractivity (Wildman–Crippen MR) is 93.6 cm³/mol. The van der Waals surface area contributed by atoms with Crippen molar-refractivity contribution in [1.82, 2.24) is 5.32 Å². The molecule has 0 aliphatic heterocycles. The van der Waals surface area contributed by atoms with Crippen molar-refractivity contribution in [1.29, 1.82) is 0 Å². The minimum absolute atomic E-state index is 0.0750. The van der Waals surface area contributed by atoms with Crippen LogP contribution in [-0.4, -0.2) is 12.0 Å². The van der Waals surface area contributed by atoms with Crippen LogP contribution < -0.4 is 10.1 Å². The fraction of sp³-hybridized carbons (Fsp3) is 0.350. The van der Waals surface area contributed by atoms with Crippen LogP contribution in [0, 0.1) is 20.8 Å². The first kappa shape index (κ1) is 17.1. The second kappa shape index (κ2) is 7.82. The molecule has 0 radical (unpaired) electrons. The van der Waals surface area contributed by atoms with Gasteiger partial charge in [-0.15, -0.1) is 0 Å². The lowest BCUT2D eigenvalue weighted by Gasteiger charge is -2.19. The molecule has 0 aromatic heterocycles. The number of nitrogens with one attached hydrogen (secondary N) is 1. The van der Waals surface area contributed by atoms with Gasteiger partial charge in [0, 0.05) is 6.54 Å². The Bertz CT molecular complexity index is 662. The predicted octanol–water partition coefficient (Wildman–Crippen LogP) is 4.09. The molecule has 0 bridgehead atoms. The summed E-state index contributed by atoms with van der Waals surface area (Å²) in [5.74, 6) is 0.705. The molecule has 0 saturated heterocycles. The Morgan fingerprint density at radius 1 is 1.04 bits per heavy atom. The van der Waals surface area contributed by atoms with E-state index >= 15 is 0 Å². The van der Waals surface area contributed by atoms with Crippen molar-refractivity contribution in [3.05, 3.63) is 64.7 Å². The fourth-order valence-electron chi connectivity index (χ4n) is 2.32. The van der Waals surface area contributed by atoms with Gasteiger partial charge in [-0.3, -0.25) is 4.79 Å². The van der Waals surface area contributed by atoms with Gasteiger partial charge >= 0.3 is 0 Å². The average molecular weight is 311 g/mol. The van der Waals surface area contributed by atoms with Gasteiger partial charge in [0.05, 0.1) is 0 Å². The Morgan fingerprint density at radius 2 is 1.70 bits per heavy atom. The maximum absolute atomic E-state index is 12.4. The summed E-state index contributed by atoms with van der Waals surface area (Å²) in [6.45, 7) is 8.54. The Kier molecular flexibility index (Phi) is 5.80. The molecule has 3 heteroatoms. The van der Waals surface area contributed by atoms with Crippen LogP contribution >= 0.6 is 0 Å². The summed E-state index contributed by atoms with van der Waals surface area (Å²) < 4.78 is 5.93. The number of carbonyl (C=O) groups is 1. The number of benzene rings is 2. The summed E-state index contributed by atoms with van der Waals surface area (Å²) in [4.78, 5) is 12.4. The van der Waals surface area contributed by atoms with Crippen LogP contribution in [0.5, 0.6) is 5.75 Å². The van der Waals surface area contributed by atoms with Crippen LogP contribution in [0.4, 0.5) is 0 Å². The lowest BCUT2D eigenvalue weighted by atomic mass is 10.1. The Hall–Kier alpha value is -2.29. The van der Waals surface area contributed by atoms with E-state index in [0.29, 0.717) is 13.0 Å². The Labute approximate surface area is 138 Å². The summed E-state index contributed by atoms with van der Waals surface area (Å²) in [5, 5.41) is 2.96. The maximum Gasteiger partial charge on any atom is 0.261 e. The van der Waals surface area contributed by atoms with Gasteiger partial charge in [0.15, 0.2) is 6.10 Å². The summed E-state index contributed by atoms with van der Waals surface area (Å²) in [6, 6.07) is 14.2. The van der Waals surface area contributed by atoms with E-state index in [4.69, 9.17) is 4.74 Å². The lowest BCUT2D eigenvalue weighted by Crippen LogP contribution is -2.37. The normalized spacial score (nSPS) is 11.8. The van der Waals surface area contributed by atoms with E-state index in [9.17, 15) is 4.79 Å². The van der Waals surface area contributed by atoms with E-state index in [2.05, 4.69) is 5.32 Å². The molecular formula is C20H25NO2. The first-order chi connectivity index (χ1) is 11.0. The first-order valence-corrected chi connectivity index (χ1v) is 8.06. The molecule has 2 aromatic rings. The summed E-state index contributed by atoms with van der Waals surface area (Å²) in [5.41, 5.74) is 4.47. The van der Waals surface area contributed by atoms with Crippen LogP contribution in [0.15, 0.2) is 42.5 Å². The molecule has 1 atom stereocenters. The summed E-state index contributed by atoms with van der Waals surface area (Å²) in [6.07, 6.45) is 0.161. The van der Waals surface area contributed by atoms with Gasteiger partial charge in [-0.2, -0.15) is 0 Å². The van der Waals surface area contributed by atoms with Crippen molar-refractivity contribution in [2.75, 3.05) is 0 Å². The van der Waals surface area contributed by atoms with Crippen molar-refractivity contribution in [3.8, 4) is 5.75 Å². The van der Waals surface area contributed by atoms with Crippen LogP contribution in [0.25, 0.3) is 0 Å². The maximum atomic E-state index is 12.4. The topological polar surface area (TPSA) is 38.3 Å².